The van der Waals surface area contributed by atoms with Crippen LogP contribution < -0.4 is 0 Å². The molecule has 0 bridgehead atoms. The van der Waals surface area contributed by atoms with Crippen molar-refractivity contribution in [3.8, 4) is 0 Å². The number of carboxylic acids is 1. The summed E-state index contributed by atoms with van der Waals surface area (Å²) < 4.78 is 0. The molecule has 0 spiro atoms. The second-order valence-corrected chi connectivity index (χ2v) is 3.91. The summed E-state index contributed by atoms with van der Waals surface area (Å²) in [6.45, 7) is 2.30. The van der Waals surface area contributed by atoms with Gasteiger partial charge in [0, 0.05) is 19.5 Å². The molecule has 1 saturated carbocycles. The lowest BCUT2D eigenvalue weighted by atomic mass is 9.70. The number of fused-ring (bicyclic) bond motifs is 1. The lowest BCUT2D eigenvalue weighted by Crippen LogP contribution is -2.50. The van der Waals surface area contributed by atoms with Crippen LogP contribution in [0.2, 0.25) is 0 Å². The van der Waals surface area contributed by atoms with Crippen molar-refractivity contribution in [3.05, 3.63) is 0 Å². The summed E-state index contributed by atoms with van der Waals surface area (Å²) in [6.07, 6.45) is 1.51. The van der Waals surface area contributed by atoms with Crippen molar-refractivity contribution < 1.29 is 14.7 Å². The van der Waals surface area contributed by atoms with E-state index in [0.717, 1.165) is 13.0 Å². The molecule has 3 unspecified atom stereocenters. The van der Waals surface area contributed by atoms with Crippen molar-refractivity contribution in [2.75, 3.05) is 6.54 Å². The number of aliphatic carboxylic acids is 1. The second kappa shape index (κ2) is 2.72. The summed E-state index contributed by atoms with van der Waals surface area (Å²) in [5.41, 5.74) is 0. The molecule has 1 aliphatic heterocycles. The molecule has 1 saturated heterocycles. The van der Waals surface area contributed by atoms with Gasteiger partial charge < -0.3 is 10.0 Å². The summed E-state index contributed by atoms with van der Waals surface area (Å²) >= 11 is 0. The van der Waals surface area contributed by atoms with Crippen LogP contribution in [0.3, 0.4) is 0 Å². The molecule has 0 radical (unpaired) electrons. The lowest BCUT2D eigenvalue weighted by Gasteiger charge is -2.40. The van der Waals surface area contributed by atoms with Crippen LogP contribution in [0, 0.1) is 11.8 Å². The van der Waals surface area contributed by atoms with Gasteiger partial charge in [-0.2, -0.15) is 0 Å². The third-order valence-electron chi connectivity index (χ3n) is 3.33. The maximum Gasteiger partial charge on any atom is 0.306 e. The zero-order valence-corrected chi connectivity index (χ0v) is 7.56. The Labute approximate surface area is 76.5 Å². The molecule has 72 valence electrons. The van der Waals surface area contributed by atoms with Crippen LogP contribution in [0.1, 0.15) is 19.8 Å². The standard InChI is InChI=1S/C9H13NO3/c1-5(11)10-3-2-6-7(9(12)13)4-8(6)10/h6-8H,2-4H2,1H3,(H,12,13). The summed E-state index contributed by atoms with van der Waals surface area (Å²) in [5.74, 6) is -0.598. The van der Waals surface area contributed by atoms with Crippen molar-refractivity contribution in [2.45, 2.75) is 25.8 Å². The first-order chi connectivity index (χ1) is 6.11. The molecule has 4 heteroatoms. The third-order valence-corrected chi connectivity index (χ3v) is 3.33. The Kier molecular flexibility index (Phi) is 1.78. The van der Waals surface area contributed by atoms with E-state index in [9.17, 15) is 9.59 Å². The number of nitrogens with zero attached hydrogens (tertiary/aromatic N) is 1. The Morgan fingerprint density at radius 1 is 1.46 bits per heavy atom. The number of carbonyl (C=O) groups is 2. The van der Waals surface area contributed by atoms with Gasteiger partial charge in [0.15, 0.2) is 0 Å². The summed E-state index contributed by atoms with van der Waals surface area (Å²) in [4.78, 5) is 23.6. The van der Waals surface area contributed by atoms with Gasteiger partial charge in [0.25, 0.3) is 0 Å². The van der Waals surface area contributed by atoms with Crippen LogP contribution in [0.4, 0.5) is 0 Å². The van der Waals surface area contributed by atoms with E-state index in [2.05, 4.69) is 0 Å². The van der Waals surface area contributed by atoms with E-state index in [1.54, 1.807) is 6.92 Å². The zero-order valence-electron chi connectivity index (χ0n) is 7.56. The molecule has 1 aliphatic carbocycles. The van der Waals surface area contributed by atoms with E-state index >= 15 is 0 Å². The van der Waals surface area contributed by atoms with Gasteiger partial charge in [0.1, 0.15) is 0 Å². The monoisotopic (exact) mass is 183 g/mol. The van der Waals surface area contributed by atoms with Gasteiger partial charge in [-0.15, -0.1) is 0 Å². The second-order valence-electron chi connectivity index (χ2n) is 3.91. The minimum atomic E-state index is -0.702. The first-order valence-corrected chi connectivity index (χ1v) is 4.61. The molecule has 2 aliphatic rings. The minimum Gasteiger partial charge on any atom is -0.481 e. The van der Waals surface area contributed by atoms with Gasteiger partial charge in [-0.05, 0) is 18.8 Å². The molecular weight excluding hydrogens is 170 g/mol. The SMILES string of the molecule is CC(=O)N1CCC2C(C(=O)O)CC21. The highest BCUT2D eigenvalue weighted by atomic mass is 16.4. The highest BCUT2D eigenvalue weighted by Crippen LogP contribution is 2.45. The van der Waals surface area contributed by atoms with E-state index in [1.807, 2.05) is 4.90 Å². The Morgan fingerprint density at radius 3 is 2.69 bits per heavy atom. The molecule has 3 atom stereocenters. The smallest absolute Gasteiger partial charge is 0.306 e. The number of amides is 1. The fourth-order valence-electron chi connectivity index (χ4n) is 2.56. The maximum atomic E-state index is 11.1. The Morgan fingerprint density at radius 2 is 2.15 bits per heavy atom. The fourth-order valence-corrected chi connectivity index (χ4v) is 2.56. The molecule has 2 fully saturated rings. The van der Waals surface area contributed by atoms with Gasteiger partial charge >= 0.3 is 5.97 Å². The molecule has 1 amide bonds. The lowest BCUT2D eigenvalue weighted by molar-refractivity contribution is -0.152. The highest BCUT2D eigenvalue weighted by Gasteiger charge is 2.52. The summed E-state index contributed by atoms with van der Waals surface area (Å²) in [5, 5.41) is 8.80. The quantitative estimate of drug-likeness (QED) is 0.637. The average Bonchev–Trinajstić information content (AvgIpc) is 2.27. The van der Waals surface area contributed by atoms with E-state index in [-0.39, 0.29) is 23.8 Å². The van der Waals surface area contributed by atoms with Gasteiger partial charge in [0.05, 0.1) is 5.92 Å². The van der Waals surface area contributed by atoms with Gasteiger partial charge in [-0.1, -0.05) is 0 Å². The molecule has 0 aromatic heterocycles. The Balaban J connectivity index is 2.02. The number of carbonyl (C=O) groups excluding carboxylic acids is 1. The van der Waals surface area contributed by atoms with Crippen LogP contribution in [0.25, 0.3) is 0 Å². The normalized spacial score (nSPS) is 36.7. The first-order valence-electron chi connectivity index (χ1n) is 4.61. The Bertz CT molecular complexity index is 264. The number of rotatable bonds is 1. The molecule has 13 heavy (non-hydrogen) atoms. The van der Waals surface area contributed by atoms with E-state index in [0.29, 0.717) is 6.42 Å². The van der Waals surface area contributed by atoms with E-state index < -0.39 is 5.97 Å². The molecule has 4 nitrogen and oxygen atoms in total. The van der Waals surface area contributed by atoms with E-state index in [4.69, 9.17) is 5.11 Å². The van der Waals surface area contributed by atoms with Gasteiger partial charge in [-0.3, -0.25) is 9.59 Å². The van der Waals surface area contributed by atoms with Gasteiger partial charge in [0.2, 0.25) is 5.91 Å². The molecule has 1 N–H and O–H groups in total. The predicted molar refractivity (Wildman–Crippen MR) is 45.0 cm³/mol. The minimum absolute atomic E-state index is 0.0799. The van der Waals surface area contributed by atoms with E-state index in [1.165, 1.54) is 0 Å². The summed E-state index contributed by atoms with van der Waals surface area (Å²) in [6, 6.07) is 0.221. The summed E-state index contributed by atoms with van der Waals surface area (Å²) in [7, 11) is 0. The van der Waals surface area contributed by atoms with Crippen molar-refractivity contribution >= 4 is 11.9 Å². The molecule has 0 aromatic carbocycles. The van der Waals surface area contributed by atoms with Gasteiger partial charge in [-0.25, -0.2) is 0 Å². The van der Waals surface area contributed by atoms with Crippen molar-refractivity contribution in [1.82, 2.24) is 4.90 Å². The number of hydrogen-bond acceptors (Lipinski definition) is 2. The molecule has 0 aromatic rings. The third kappa shape index (κ3) is 1.12. The van der Waals surface area contributed by atoms with Crippen LogP contribution in [0.15, 0.2) is 0 Å². The predicted octanol–water partition coefficient (Wildman–Crippen LogP) is 0.328. The topological polar surface area (TPSA) is 57.6 Å². The van der Waals surface area contributed by atoms with Crippen molar-refractivity contribution in [1.29, 1.82) is 0 Å². The van der Waals surface area contributed by atoms with Crippen molar-refractivity contribution in [2.24, 2.45) is 11.8 Å². The van der Waals surface area contributed by atoms with Crippen molar-refractivity contribution in [3.63, 3.8) is 0 Å². The Hall–Kier alpha value is -1.06. The van der Waals surface area contributed by atoms with Crippen LogP contribution in [-0.2, 0) is 9.59 Å². The number of carboxylic acid groups (broad SMARTS) is 1. The zero-order chi connectivity index (χ0) is 9.59. The maximum absolute atomic E-state index is 11.1. The average molecular weight is 183 g/mol. The molecule has 2 rings (SSSR count). The number of hydrogen-bond donors (Lipinski definition) is 1. The molecule has 1 heterocycles. The largest absolute Gasteiger partial charge is 0.481 e. The van der Waals surface area contributed by atoms with Crippen LogP contribution >= 0.6 is 0 Å². The van der Waals surface area contributed by atoms with Crippen LogP contribution in [0.5, 0.6) is 0 Å². The highest BCUT2D eigenvalue weighted by molar-refractivity contribution is 5.76. The number of likely N-dealkylation sites (tertiary alicyclic amines) is 1. The van der Waals surface area contributed by atoms with Crippen LogP contribution in [-0.4, -0.2) is 34.5 Å². The molecular formula is C9H13NO3. The fraction of sp³-hybridized carbons (Fsp3) is 0.778. The first kappa shape index (κ1) is 8.53.